The Hall–Kier alpha value is -1.44. The summed E-state index contributed by atoms with van der Waals surface area (Å²) in [5.41, 5.74) is 0.951. The van der Waals surface area contributed by atoms with Crippen LogP contribution in [0.3, 0.4) is 0 Å². The number of esters is 1. The van der Waals surface area contributed by atoms with Crippen molar-refractivity contribution in [2.75, 3.05) is 13.7 Å². The minimum Gasteiger partial charge on any atom is -0.468 e. The van der Waals surface area contributed by atoms with Crippen LogP contribution in [0.4, 0.5) is 0 Å². The van der Waals surface area contributed by atoms with Gasteiger partial charge in [0.1, 0.15) is 6.04 Å². The SMILES string of the molecule is COC(=O)[C@H]1C[C@@H](O)CCN1S(=O)(=O)c1ccc(C)cc1. The number of methoxy groups -OCH3 is 1. The average Bonchev–Trinajstić information content (AvgIpc) is 2.46. The van der Waals surface area contributed by atoms with Gasteiger partial charge in [-0.2, -0.15) is 4.31 Å². The van der Waals surface area contributed by atoms with Gasteiger partial charge in [-0.1, -0.05) is 17.7 Å². The number of hydrogen-bond acceptors (Lipinski definition) is 5. The molecule has 2 rings (SSSR count). The molecule has 7 heteroatoms. The predicted octanol–water partition coefficient (Wildman–Crippen LogP) is 0.682. The van der Waals surface area contributed by atoms with Crippen LogP contribution in [-0.4, -0.2) is 49.6 Å². The summed E-state index contributed by atoms with van der Waals surface area (Å²) in [4.78, 5) is 12.0. The van der Waals surface area contributed by atoms with E-state index in [1.807, 2.05) is 6.92 Å². The summed E-state index contributed by atoms with van der Waals surface area (Å²) in [7, 11) is -2.58. The van der Waals surface area contributed by atoms with Crippen LogP contribution in [0, 0.1) is 6.92 Å². The lowest BCUT2D eigenvalue weighted by molar-refractivity contribution is -0.147. The van der Waals surface area contributed by atoms with Crippen molar-refractivity contribution in [1.82, 2.24) is 4.31 Å². The highest BCUT2D eigenvalue weighted by molar-refractivity contribution is 7.89. The zero-order chi connectivity index (χ0) is 15.6. The predicted molar refractivity (Wildman–Crippen MR) is 76.1 cm³/mol. The molecule has 0 radical (unpaired) electrons. The second-order valence-corrected chi connectivity index (χ2v) is 7.04. The van der Waals surface area contributed by atoms with Gasteiger partial charge in [0.25, 0.3) is 0 Å². The summed E-state index contributed by atoms with van der Waals surface area (Å²) in [6.45, 7) is 1.96. The van der Waals surface area contributed by atoms with Crippen molar-refractivity contribution in [2.45, 2.75) is 36.8 Å². The summed E-state index contributed by atoms with van der Waals surface area (Å²) in [6, 6.07) is 5.47. The third-order valence-corrected chi connectivity index (χ3v) is 5.55. The number of benzene rings is 1. The average molecular weight is 313 g/mol. The van der Waals surface area contributed by atoms with Crippen molar-refractivity contribution in [1.29, 1.82) is 0 Å². The summed E-state index contributed by atoms with van der Waals surface area (Å²) < 4.78 is 31.1. The summed E-state index contributed by atoms with van der Waals surface area (Å²) in [5.74, 6) is -0.649. The lowest BCUT2D eigenvalue weighted by atomic mass is 10.0. The van der Waals surface area contributed by atoms with Crippen molar-refractivity contribution >= 4 is 16.0 Å². The fraction of sp³-hybridized carbons (Fsp3) is 0.500. The third kappa shape index (κ3) is 3.25. The molecule has 1 saturated heterocycles. The lowest BCUT2D eigenvalue weighted by Crippen LogP contribution is -2.51. The number of ether oxygens (including phenoxy) is 1. The van der Waals surface area contributed by atoms with Crippen LogP contribution in [-0.2, 0) is 19.6 Å². The lowest BCUT2D eigenvalue weighted by Gasteiger charge is -2.34. The van der Waals surface area contributed by atoms with Gasteiger partial charge in [-0.15, -0.1) is 0 Å². The zero-order valence-electron chi connectivity index (χ0n) is 12.0. The number of sulfonamides is 1. The summed E-state index contributed by atoms with van der Waals surface area (Å²) in [5, 5.41) is 9.69. The number of carbonyl (C=O) groups is 1. The molecule has 21 heavy (non-hydrogen) atoms. The highest BCUT2D eigenvalue weighted by Gasteiger charge is 2.40. The smallest absolute Gasteiger partial charge is 0.324 e. The van der Waals surface area contributed by atoms with Gasteiger partial charge in [-0.25, -0.2) is 8.42 Å². The van der Waals surface area contributed by atoms with Crippen LogP contribution in [0.5, 0.6) is 0 Å². The molecule has 0 aliphatic carbocycles. The first kappa shape index (κ1) is 15.9. The van der Waals surface area contributed by atoms with E-state index in [1.165, 1.54) is 19.2 Å². The number of hydrogen-bond donors (Lipinski definition) is 1. The number of piperidine rings is 1. The molecule has 1 fully saturated rings. The van der Waals surface area contributed by atoms with Crippen molar-refractivity contribution in [3.8, 4) is 0 Å². The Labute approximate surface area is 124 Å². The molecule has 0 spiro atoms. The molecule has 2 atom stereocenters. The van der Waals surface area contributed by atoms with Gasteiger partial charge in [0.05, 0.1) is 18.1 Å². The van der Waals surface area contributed by atoms with Gasteiger partial charge in [0.2, 0.25) is 10.0 Å². The van der Waals surface area contributed by atoms with Gasteiger partial charge < -0.3 is 9.84 Å². The molecular formula is C14H19NO5S. The van der Waals surface area contributed by atoms with Crippen molar-refractivity contribution in [2.24, 2.45) is 0 Å². The van der Waals surface area contributed by atoms with Crippen molar-refractivity contribution in [3.63, 3.8) is 0 Å². The molecule has 1 aromatic rings. The molecule has 6 nitrogen and oxygen atoms in total. The Morgan fingerprint density at radius 1 is 1.33 bits per heavy atom. The fourth-order valence-electron chi connectivity index (χ4n) is 2.41. The fourth-order valence-corrected chi connectivity index (χ4v) is 4.01. The molecule has 1 heterocycles. The van der Waals surface area contributed by atoms with E-state index in [-0.39, 0.29) is 17.9 Å². The maximum Gasteiger partial charge on any atom is 0.324 e. The molecule has 0 saturated carbocycles. The zero-order valence-corrected chi connectivity index (χ0v) is 12.8. The first-order valence-electron chi connectivity index (χ1n) is 6.70. The second kappa shape index (κ2) is 6.13. The Bertz CT molecular complexity index is 611. The minimum absolute atomic E-state index is 0.0533. The van der Waals surface area contributed by atoms with Crippen LogP contribution in [0.1, 0.15) is 18.4 Å². The molecule has 0 aromatic heterocycles. The third-order valence-electron chi connectivity index (χ3n) is 3.63. The Morgan fingerprint density at radius 2 is 1.95 bits per heavy atom. The van der Waals surface area contributed by atoms with Crippen LogP contribution >= 0.6 is 0 Å². The molecule has 1 aromatic carbocycles. The number of aryl methyl sites for hydroxylation is 1. The van der Waals surface area contributed by atoms with E-state index >= 15 is 0 Å². The van der Waals surface area contributed by atoms with E-state index in [4.69, 9.17) is 0 Å². The minimum atomic E-state index is -3.79. The molecule has 116 valence electrons. The Morgan fingerprint density at radius 3 is 2.52 bits per heavy atom. The number of aliphatic hydroxyl groups is 1. The van der Waals surface area contributed by atoms with E-state index in [0.717, 1.165) is 9.87 Å². The molecular weight excluding hydrogens is 294 g/mol. The topological polar surface area (TPSA) is 83.9 Å². The molecule has 1 aliphatic heterocycles. The van der Waals surface area contributed by atoms with Gasteiger partial charge in [-0.05, 0) is 25.5 Å². The number of rotatable bonds is 3. The molecule has 0 unspecified atom stereocenters. The van der Waals surface area contributed by atoms with E-state index in [2.05, 4.69) is 4.74 Å². The standard InChI is InChI=1S/C14H19NO5S/c1-10-3-5-12(6-4-10)21(18,19)15-8-7-11(16)9-13(15)14(17)20-2/h3-6,11,13,16H,7-9H2,1-2H3/t11-,13+/m0/s1. The maximum atomic E-state index is 12.7. The monoisotopic (exact) mass is 313 g/mol. The van der Waals surface area contributed by atoms with Gasteiger partial charge in [0, 0.05) is 13.0 Å². The van der Waals surface area contributed by atoms with E-state index in [0.29, 0.717) is 6.42 Å². The van der Waals surface area contributed by atoms with Crippen LogP contribution in [0.25, 0.3) is 0 Å². The van der Waals surface area contributed by atoms with E-state index in [9.17, 15) is 18.3 Å². The normalized spacial score (nSPS) is 23.8. The molecule has 1 N–H and O–H groups in total. The summed E-state index contributed by atoms with van der Waals surface area (Å²) in [6.07, 6.45) is -0.338. The first-order chi connectivity index (χ1) is 9.86. The largest absolute Gasteiger partial charge is 0.468 e. The molecule has 0 amide bonds. The highest BCUT2D eigenvalue weighted by atomic mass is 32.2. The van der Waals surface area contributed by atoms with Gasteiger partial charge in [-0.3, -0.25) is 4.79 Å². The van der Waals surface area contributed by atoms with Gasteiger partial charge >= 0.3 is 5.97 Å². The molecule has 1 aliphatic rings. The Balaban J connectivity index is 2.36. The van der Waals surface area contributed by atoms with Crippen molar-refractivity contribution in [3.05, 3.63) is 29.8 Å². The maximum absolute atomic E-state index is 12.7. The number of carbonyl (C=O) groups excluding carboxylic acids is 1. The van der Waals surface area contributed by atoms with Crippen LogP contribution < -0.4 is 0 Å². The van der Waals surface area contributed by atoms with Crippen molar-refractivity contribution < 1.29 is 23.1 Å². The first-order valence-corrected chi connectivity index (χ1v) is 8.14. The quantitative estimate of drug-likeness (QED) is 0.830. The Kier molecular flexibility index (Phi) is 4.65. The number of nitrogens with zero attached hydrogens (tertiary/aromatic N) is 1. The highest BCUT2D eigenvalue weighted by Crippen LogP contribution is 2.26. The summed E-state index contributed by atoms with van der Waals surface area (Å²) >= 11 is 0. The number of aliphatic hydroxyl groups excluding tert-OH is 1. The van der Waals surface area contributed by atoms with Crippen LogP contribution in [0.2, 0.25) is 0 Å². The van der Waals surface area contributed by atoms with Gasteiger partial charge in [0.15, 0.2) is 0 Å². The second-order valence-electron chi connectivity index (χ2n) is 5.15. The molecule has 0 bridgehead atoms. The van der Waals surface area contributed by atoms with E-state index < -0.39 is 28.1 Å². The van der Waals surface area contributed by atoms with Crippen LogP contribution in [0.15, 0.2) is 29.2 Å². The van der Waals surface area contributed by atoms with E-state index in [1.54, 1.807) is 12.1 Å².